The van der Waals surface area contributed by atoms with Crippen LogP contribution in [-0.2, 0) is 14.4 Å². The van der Waals surface area contributed by atoms with Gasteiger partial charge in [-0.1, -0.05) is 83.4 Å². The van der Waals surface area contributed by atoms with E-state index >= 15 is 0 Å². The maximum atomic E-state index is 12.9. The number of rotatable bonds is 8. The van der Waals surface area contributed by atoms with Crippen LogP contribution in [0.15, 0.2) is 54.6 Å². The Hall–Kier alpha value is -3.12. The summed E-state index contributed by atoms with van der Waals surface area (Å²) in [6, 6.07) is 16.2. The quantitative estimate of drug-likeness (QED) is 0.376. The summed E-state index contributed by atoms with van der Waals surface area (Å²) in [5, 5.41) is 2.86. The Morgan fingerprint density at radius 2 is 1.30 bits per heavy atom. The summed E-state index contributed by atoms with van der Waals surface area (Å²) in [6.07, 6.45) is -0.838. The number of carbonyl (C=O) groups is 1. The number of carbonyl (C=O) groups excluding carboxylic acids is 3. The van der Waals surface area contributed by atoms with Gasteiger partial charge in [0.25, 0.3) is 0 Å². The standard InChI is InChI=1S/C19H28F3NO2.C7H8.C2H6.CO2/c1-6-12-18(5,13-7-2)16(24)23-14-8-10-15(11-9-14)25-17(3,4)19(20,21)22;1-7-5-3-2-4-6-7;1-2;2-1-3/h8-11H,6-7,12-13H2,1-5H3,(H,23,24);2-6H,1H3;1-2H3;. The molecule has 0 unspecified atom stereocenters. The molecule has 2 aromatic carbocycles. The van der Waals surface area contributed by atoms with Crippen LogP contribution in [0.25, 0.3) is 0 Å². The van der Waals surface area contributed by atoms with Crippen molar-refractivity contribution in [2.45, 2.75) is 92.9 Å². The molecule has 8 heteroatoms. The Kier molecular flexibility index (Phi) is 17.7. The first-order valence-electron chi connectivity index (χ1n) is 12.4. The van der Waals surface area contributed by atoms with Crippen LogP contribution >= 0.6 is 0 Å². The van der Waals surface area contributed by atoms with Gasteiger partial charge >= 0.3 is 12.3 Å². The summed E-state index contributed by atoms with van der Waals surface area (Å²) >= 11 is 0. The van der Waals surface area contributed by atoms with Gasteiger partial charge in [-0.2, -0.15) is 22.8 Å². The number of halogens is 3. The summed E-state index contributed by atoms with van der Waals surface area (Å²) in [5.41, 5.74) is -0.863. The van der Waals surface area contributed by atoms with Crippen molar-refractivity contribution < 1.29 is 32.3 Å². The molecule has 0 saturated carbocycles. The highest BCUT2D eigenvalue weighted by molar-refractivity contribution is 5.95. The first-order valence-corrected chi connectivity index (χ1v) is 12.4. The zero-order valence-corrected chi connectivity index (χ0v) is 23.3. The fourth-order valence-electron chi connectivity index (χ4n) is 3.23. The number of anilines is 1. The minimum Gasteiger partial charge on any atom is -0.478 e. The van der Waals surface area contributed by atoms with Crippen molar-refractivity contribution in [1.82, 2.24) is 0 Å². The molecule has 0 atom stereocenters. The van der Waals surface area contributed by atoms with Crippen LogP contribution in [0.3, 0.4) is 0 Å². The predicted molar refractivity (Wildman–Crippen MR) is 141 cm³/mol. The van der Waals surface area contributed by atoms with E-state index in [0.717, 1.165) is 39.5 Å². The second kappa shape index (κ2) is 18.2. The Balaban J connectivity index is 0. The zero-order valence-electron chi connectivity index (χ0n) is 23.3. The number of hydrogen-bond acceptors (Lipinski definition) is 4. The lowest BCUT2D eigenvalue weighted by molar-refractivity contribution is -0.234. The molecular formula is C29H42F3NO4. The van der Waals surface area contributed by atoms with E-state index in [-0.39, 0.29) is 17.8 Å². The first kappa shape index (κ1) is 36.0. The Labute approximate surface area is 219 Å². The van der Waals surface area contributed by atoms with Gasteiger partial charge in [-0.25, -0.2) is 0 Å². The number of amides is 1. The largest absolute Gasteiger partial charge is 0.478 e. The molecule has 2 rings (SSSR count). The maximum absolute atomic E-state index is 12.9. The van der Waals surface area contributed by atoms with Gasteiger partial charge < -0.3 is 10.1 Å². The summed E-state index contributed by atoms with van der Waals surface area (Å²) in [7, 11) is 0. The average molecular weight is 526 g/mol. The van der Waals surface area contributed by atoms with Crippen LogP contribution in [0, 0.1) is 12.3 Å². The monoisotopic (exact) mass is 525 g/mol. The fraction of sp³-hybridized carbons (Fsp3) is 0.517. The molecule has 0 aromatic heterocycles. The van der Waals surface area contributed by atoms with Gasteiger partial charge in [0.15, 0.2) is 5.60 Å². The molecule has 5 nitrogen and oxygen atoms in total. The van der Waals surface area contributed by atoms with Crippen molar-refractivity contribution >= 4 is 17.7 Å². The SMILES string of the molecule is CC.CCCC(C)(CCC)C(=O)Nc1ccc(OC(C)(C)C(F)(F)F)cc1.Cc1ccccc1.O=C=O. The van der Waals surface area contributed by atoms with Crippen molar-refractivity contribution in [3.05, 3.63) is 60.2 Å². The molecule has 0 radical (unpaired) electrons. The van der Waals surface area contributed by atoms with E-state index in [4.69, 9.17) is 14.3 Å². The van der Waals surface area contributed by atoms with Gasteiger partial charge in [-0.15, -0.1) is 0 Å². The van der Waals surface area contributed by atoms with Crippen LogP contribution in [-0.4, -0.2) is 23.8 Å². The lowest BCUT2D eigenvalue weighted by Crippen LogP contribution is -2.44. The van der Waals surface area contributed by atoms with Crippen LogP contribution < -0.4 is 10.1 Å². The lowest BCUT2D eigenvalue weighted by Gasteiger charge is -2.29. The van der Waals surface area contributed by atoms with E-state index in [2.05, 4.69) is 24.4 Å². The summed E-state index contributed by atoms with van der Waals surface area (Å²) in [6.45, 7) is 14.1. The van der Waals surface area contributed by atoms with E-state index in [1.54, 1.807) is 12.1 Å². The van der Waals surface area contributed by atoms with Crippen molar-refractivity contribution in [3.8, 4) is 5.75 Å². The van der Waals surface area contributed by atoms with Crippen LogP contribution in [0.4, 0.5) is 18.9 Å². The molecule has 0 aliphatic rings. The van der Waals surface area contributed by atoms with Crippen molar-refractivity contribution in [1.29, 1.82) is 0 Å². The third-order valence-electron chi connectivity index (χ3n) is 5.26. The first-order chi connectivity index (χ1) is 17.3. The second-order valence-electron chi connectivity index (χ2n) is 8.89. The summed E-state index contributed by atoms with van der Waals surface area (Å²) in [5.74, 6) is 0.0330. The molecular weight excluding hydrogens is 483 g/mol. The van der Waals surface area contributed by atoms with Crippen molar-refractivity contribution in [2.24, 2.45) is 5.41 Å². The van der Waals surface area contributed by atoms with E-state index in [1.807, 2.05) is 52.8 Å². The number of hydrogen-bond donors (Lipinski definition) is 1. The molecule has 0 bridgehead atoms. The highest BCUT2D eigenvalue weighted by Crippen LogP contribution is 2.35. The van der Waals surface area contributed by atoms with E-state index < -0.39 is 17.2 Å². The molecule has 37 heavy (non-hydrogen) atoms. The second-order valence-corrected chi connectivity index (χ2v) is 8.89. The maximum Gasteiger partial charge on any atom is 0.427 e. The smallest absolute Gasteiger partial charge is 0.427 e. The fourth-order valence-corrected chi connectivity index (χ4v) is 3.23. The van der Waals surface area contributed by atoms with Crippen molar-refractivity contribution in [2.75, 3.05) is 5.32 Å². The highest BCUT2D eigenvalue weighted by atomic mass is 19.4. The van der Waals surface area contributed by atoms with E-state index in [9.17, 15) is 18.0 Å². The lowest BCUT2D eigenvalue weighted by atomic mass is 9.80. The van der Waals surface area contributed by atoms with Gasteiger partial charge in [0.1, 0.15) is 5.75 Å². The van der Waals surface area contributed by atoms with Gasteiger partial charge in [0, 0.05) is 11.1 Å². The van der Waals surface area contributed by atoms with Gasteiger partial charge in [-0.05, 0) is 57.9 Å². The molecule has 0 heterocycles. The summed E-state index contributed by atoms with van der Waals surface area (Å²) < 4.78 is 43.6. The number of nitrogens with one attached hydrogen (secondary N) is 1. The third kappa shape index (κ3) is 14.3. The van der Waals surface area contributed by atoms with E-state index in [0.29, 0.717) is 5.69 Å². The molecule has 0 saturated heterocycles. The summed E-state index contributed by atoms with van der Waals surface area (Å²) in [4.78, 5) is 28.8. The zero-order chi connectivity index (χ0) is 29.1. The van der Waals surface area contributed by atoms with Gasteiger partial charge in [-0.3, -0.25) is 4.79 Å². The molecule has 2 aromatic rings. The normalized spacial score (nSPS) is 10.7. The Bertz CT molecular complexity index is 899. The molecule has 1 N–H and O–H groups in total. The molecule has 0 spiro atoms. The highest BCUT2D eigenvalue weighted by Gasteiger charge is 2.49. The minimum absolute atomic E-state index is 0.0690. The molecule has 0 fully saturated rings. The van der Waals surface area contributed by atoms with Gasteiger partial charge in [0.05, 0.1) is 0 Å². The molecule has 0 aliphatic carbocycles. The number of benzene rings is 2. The van der Waals surface area contributed by atoms with Crippen LogP contribution in [0.5, 0.6) is 5.75 Å². The number of alkyl halides is 3. The van der Waals surface area contributed by atoms with Gasteiger partial charge in [0.2, 0.25) is 5.91 Å². The predicted octanol–water partition coefficient (Wildman–Crippen LogP) is 8.39. The Morgan fingerprint density at radius 1 is 0.865 bits per heavy atom. The van der Waals surface area contributed by atoms with E-state index in [1.165, 1.54) is 17.7 Å². The molecule has 0 aliphatic heterocycles. The molecule has 1 amide bonds. The minimum atomic E-state index is -4.47. The van der Waals surface area contributed by atoms with Crippen LogP contribution in [0.2, 0.25) is 0 Å². The molecule has 208 valence electrons. The number of aryl methyl sites for hydroxylation is 1. The van der Waals surface area contributed by atoms with Crippen molar-refractivity contribution in [3.63, 3.8) is 0 Å². The van der Waals surface area contributed by atoms with Crippen LogP contribution in [0.1, 0.15) is 79.7 Å². The average Bonchev–Trinajstić information content (AvgIpc) is 2.82. The third-order valence-corrected chi connectivity index (χ3v) is 5.26. The Morgan fingerprint density at radius 3 is 1.62 bits per heavy atom. The topological polar surface area (TPSA) is 72.5 Å². The number of ether oxygens (including phenoxy) is 1.